The molecule has 4 heteroatoms. The first-order valence-corrected chi connectivity index (χ1v) is 4.99. The molecule has 15 heavy (non-hydrogen) atoms. The summed E-state index contributed by atoms with van der Waals surface area (Å²) >= 11 is 0. The van der Waals surface area contributed by atoms with Gasteiger partial charge in [-0.15, -0.1) is 0 Å². The Morgan fingerprint density at radius 2 is 2.40 bits per heavy atom. The van der Waals surface area contributed by atoms with Crippen LogP contribution in [0.3, 0.4) is 0 Å². The number of aromatic nitrogens is 1. The highest BCUT2D eigenvalue weighted by molar-refractivity contribution is 5.88. The molecule has 0 aromatic carbocycles. The second kappa shape index (κ2) is 3.88. The van der Waals surface area contributed by atoms with Gasteiger partial charge in [-0.1, -0.05) is 0 Å². The van der Waals surface area contributed by atoms with Gasteiger partial charge in [-0.25, -0.2) is 9.78 Å². The van der Waals surface area contributed by atoms with Crippen LogP contribution in [-0.4, -0.2) is 22.7 Å². The summed E-state index contributed by atoms with van der Waals surface area (Å²) in [7, 11) is 0. The second-order valence-corrected chi connectivity index (χ2v) is 3.90. The van der Waals surface area contributed by atoms with Crippen molar-refractivity contribution in [3.63, 3.8) is 0 Å². The third kappa shape index (κ3) is 2.46. The number of carboxylic acids is 1. The topological polar surface area (TPSA) is 59.4 Å². The van der Waals surface area contributed by atoms with E-state index in [-0.39, 0.29) is 5.56 Å². The summed E-state index contributed by atoms with van der Waals surface area (Å²) < 4.78 is 5.44. The van der Waals surface area contributed by atoms with E-state index in [1.54, 1.807) is 13.0 Å². The first kappa shape index (κ1) is 9.96. The number of rotatable bonds is 4. The van der Waals surface area contributed by atoms with Gasteiger partial charge in [0.15, 0.2) is 0 Å². The number of nitrogens with zero attached hydrogens (tertiary/aromatic N) is 1. The highest BCUT2D eigenvalue weighted by Crippen LogP contribution is 2.29. The fourth-order valence-electron chi connectivity index (χ4n) is 1.32. The lowest BCUT2D eigenvalue weighted by atomic mass is 10.2. The van der Waals surface area contributed by atoms with Gasteiger partial charge in [0, 0.05) is 12.3 Å². The molecule has 1 saturated carbocycles. The van der Waals surface area contributed by atoms with E-state index in [9.17, 15) is 4.79 Å². The van der Waals surface area contributed by atoms with E-state index in [1.807, 2.05) is 0 Å². The largest absolute Gasteiger partial charge is 0.478 e. The van der Waals surface area contributed by atoms with Crippen molar-refractivity contribution in [1.82, 2.24) is 4.98 Å². The van der Waals surface area contributed by atoms with E-state index in [2.05, 4.69) is 4.98 Å². The first-order chi connectivity index (χ1) is 7.16. The van der Waals surface area contributed by atoms with Gasteiger partial charge in [-0.05, 0) is 31.2 Å². The summed E-state index contributed by atoms with van der Waals surface area (Å²) in [4.78, 5) is 14.7. The summed E-state index contributed by atoms with van der Waals surface area (Å²) in [5, 5.41) is 8.80. The van der Waals surface area contributed by atoms with Gasteiger partial charge in [0.05, 0.1) is 12.2 Å². The molecule has 0 spiro atoms. The lowest BCUT2D eigenvalue weighted by molar-refractivity contribution is 0.0695. The van der Waals surface area contributed by atoms with E-state index < -0.39 is 5.97 Å². The van der Waals surface area contributed by atoms with Crippen LogP contribution in [0.4, 0.5) is 0 Å². The highest BCUT2D eigenvalue weighted by Gasteiger charge is 2.22. The summed E-state index contributed by atoms with van der Waals surface area (Å²) in [6.07, 6.45) is 3.80. The van der Waals surface area contributed by atoms with Crippen molar-refractivity contribution >= 4 is 5.97 Å². The number of aromatic carboxylic acids is 1. The van der Waals surface area contributed by atoms with Crippen molar-refractivity contribution in [2.45, 2.75) is 19.8 Å². The van der Waals surface area contributed by atoms with Crippen LogP contribution in [0.15, 0.2) is 12.3 Å². The fourth-order valence-corrected chi connectivity index (χ4v) is 1.32. The summed E-state index contributed by atoms with van der Waals surface area (Å²) in [6.45, 7) is 2.44. The lowest BCUT2D eigenvalue weighted by Gasteiger charge is -2.06. The van der Waals surface area contributed by atoms with Gasteiger partial charge in [0.1, 0.15) is 0 Å². The molecule has 1 aromatic heterocycles. The number of pyridine rings is 1. The van der Waals surface area contributed by atoms with E-state index in [1.165, 1.54) is 19.0 Å². The second-order valence-electron chi connectivity index (χ2n) is 3.90. The Morgan fingerprint density at radius 1 is 1.67 bits per heavy atom. The van der Waals surface area contributed by atoms with Crippen LogP contribution in [0.2, 0.25) is 0 Å². The predicted octanol–water partition coefficient (Wildman–Crippen LogP) is 1.88. The van der Waals surface area contributed by atoms with Gasteiger partial charge in [0.25, 0.3) is 0 Å². The first-order valence-electron chi connectivity index (χ1n) is 4.99. The molecule has 0 atom stereocenters. The number of ether oxygens (including phenoxy) is 1. The molecule has 0 amide bonds. The van der Waals surface area contributed by atoms with Crippen LogP contribution in [0, 0.1) is 12.8 Å². The van der Waals surface area contributed by atoms with Crippen molar-refractivity contribution in [3.05, 3.63) is 23.4 Å². The molecule has 1 heterocycles. The predicted molar refractivity (Wildman–Crippen MR) is 54.2 cm³/mol. The lowest BCUT2D eigenvalue weighted by Crippen LogP contribution is -2.04. The van der Waals surface area contributed by atoms with Gasteiger partial charge in [-0.2, -0.15) is 0 Å². The van der Waals surface area contributed by atoms with Crippen LogP contribution in [0.25, 0.3) is 0 Å². The normalized spacial score (nSPS) is 15.0. The number of hydrogen-bond acceptors (Lipinski definition) is 3. The third-order valence-corrected chi connectivity index (χ3v) is 2.48. The molecule has 1 aromatic rings. The zero-order valence-electron chi connectivity index (χ0n) is 8.56. The minimum absolute atomic E-state index is 0.230. The maximum Gasteiger partial charge on any atom is 0.337 e. The zero-order chi connectivity index (χ0) is 10.8. The molecule has 0 unspecified atom stereocenters. The Balaban J connectivity index is 2.06. The fraction of sp³-hybridized carbons (Fsp3) is 0.455. The molecular weight excluding hydrogens is 194 g/mol. The zero-order valence-corrected chi connectivity index (χ0v) is 8.56. The smallest absolute Gasteiger partial charge is 0.337 e. The maximum absolute atomic E-state index is 10.7. The summed E-state index contributed by atoms with van der Waals surface area (Å²) in [5.41, 5.74) is 0.914. The van der Waals surface area contributed by atoms with Crippen molar-refractivity contribution in [2.24, 2.45) is 5.92 Å². The van der Waals surface area contributed by atoms with E-state index in [0.29, 0.717) is 24.0 Å². The van der Waals surface area contributed by atoms with Crippen molar-refractivity contribution < 1.29 is 14.6 Å². The Hall–Kier alpha value is -1.58. The average molecular weight is 207 g/mol. The molecule has 0 saturated heterocycles. The Morgan fingerprint density at radius 3 is 2.93 bits per heavy atom. The molecule has 2 rings (SSSR count). The van der Waals surface area contributed by atoms with Crippen LogP contribution >= 0.6 is 0 Å². The Labute approximate surface area is 87.9 Å². The van der Waals surface area contributed by atoms with Crippen LogP contribution in [0.5, 0.6) is 5.88 Å². The van der Waals surface area contributed by atoms with Crippen LogP contribution in [0.1, 0.15) is 28.8 Å². The van der Waals surface area contributed by atoms with Gasteiger partial charge >= 0.3 is 5.97 Å². The van der Waals surface area contributed by atoms with Gasteiger partial charge in [0.2, 0.25) is 5.88 Å². The summed E-state index contributed by atoms with van der Waals surface area (Å²) in [6, 6.07) is 1.67. The number of carbonyl (C=O) groups is 1. The van der Waals surface area contributed by atoms with E-state index in [0.717, 1.165) is 0 Å². The molecular formula is C11H13NO3. The van der Waals surface area contributed by atoms with Crippen molar-refractivity contribution in [1.29, 1.82) is 0 Å². The van der Waals surface area contributed by atoms with Crippen LogP contribution < -0.4 is 4.74 Å². The van der Waals surface area contributed by atoms with Crippen LogP contribution in [-0.2, 0) is 0 Å². The third-order valence-electron chi connectivity index (χ3n) is 2.48. The molecule has 1 N–H and O–H groups in total. The summed E-state index contributed by atoms with van der Waals surface area (Å²) in [5.74, 6) is 0.240. The molecule has 4 nitrogen and oxygen atoms in total. The number of aryl methyl sites for hydroxylation is 1. The molecule has 0 radical (unpaired) electrons. The SMILES string of the molecule is Cc1cc(OCC2CC2)ncc1C(=O)O. The molecule has 0 bridgehead atoms. The number of carboxylic acid groups (broad SMARTS) is 1. The quantitative estimate of drug-likeness (QED) is 0.818. The minimum Gasteiger partial charge on any atom is -0.478 e. The Bertz CT molecular complexity index is 385. The van der Waals surface area contributed by atoms with E-state index in [4.69, 9.17) is 9.84 Å². The molecule has 1 fully saturated rings. The van der Waals surface area contributed by atoms with Crippen molar-refractivity contribution in [2.75, 3.05) is 6.61 Å². The molecule has 1 aliphatic carbocycles. The molecule has 1 aliphatic rings. The number of hydrogen-bond donors (Lipinski definition) is 1. The molecule has 0 aliphatic heterocycles. The van der Waals surface area contributed by atoms with E-state index >= 15 is 0 Å². The van der Waals surface area contributed by atoms with Gasteiger partial charge < -0.3 is 9.84 Å². The van der Waals surface area contributed by atoms with Gasteiger partial charge in [-0.3, -0.25) is 0 Å². The standard InChI is InChI=1S/C11H13NO3/c1-7-4-10(15-6-8-2-3-8)12-5-9(7)11(13)14/h4-5,8H,2-3,6H2,1H3,(H,13,14). The minimum atomic E-state index is -0.950. The monoisotopic (exact) mass is 207 g/mol. The molecule has 80 valence electrons. The average Bonchev–Trinajstić information content (AvgIpc) is 2.97. The Kier molecular flexibility index (Phi) is 2.58. The van der Waals surface area contributed by atoms with Crippen molar-refractivity contribution in [3.8, 4) is 5.88 Å². The maximum atomic E-state index is 10.7. The highest BCUT2D eigenvalue weighted by atomic mass is 16.5.